The Kier molecular flexibility index (Phi) is 7.44. The van der Waals surface area contributed by atoms with Crippen LogP contribution in [0.15, 0.2) is 60.9 Å². The zero-order valence-electron chi connectivity index (χ0n) is 17.1. The molecule has 0 radical (unpaired) electrons. The number of hydrogen-bond acceptors (Lipinski definition) is 6. The monoisotopic (exact) mass is 460 g/mol. The zero-order chi connectivity index (χ0) is 23.8. The number of pyridine rings is 2. The first-order chi connectivity index (χ1) is 15.7. The smallest absolute Gasteiger partial charge is 0.422 e. The topological polar surface area (TPSA) is 116 Å². The molecule has 0 fully saturated rings. The van der Waals surface area contributed by atoms with E-state index in [1.165, 1.54) is 24.4 Å². The van der Waals surface area contributed by atoms with Gasteiger partial charge in [0.25, 0.3) is 11.8 Å². The van der Waals surface area contributed by atoms with Gasteiger partial charge in [0, 0.05) is 31.1 Å². The Hall–Kier alpha value is -4.15. The Balaban J connectivity index is 1.51. The summed E-state index contributed by atoms with van der Waals surface area (Å²) in [5, 5.41) is 2.71. The minimum absolute atomic E-state index is 0.0841. The molecule has 0 saturated heterocycles. The summed E-state index contributed by atoms with van der Waals surface area (Å²) in [6.45, 7) is -1.16. The van der Waals surface area contributed by atoms with E-state index in [9.17, 15) is 22.8 Å². The molecule has 3 rings (SSSR count). The van der Waals surface area contributed by atoms with Crippen LogP contribution in [0.25, 0.3) is 0 Å². The highest BCUT2D eigenvalue weighted by Gasteiger charge is 2.28. The summed E-state index contributed by atoms with van der Waals surface area (Å²) in [5.74, 6) is -0.381. The molecule has 11 heteroatoms. The molecule has 33 heavy (non-hydrogen) atoms. The number of amides is 2. The van der Waals surface area contributed by atoms with Crippen molar-refractivity contribution in [3.63, 3.8) is 0 Å². The van der Waals surface area contributed by atoms with Gasteiger partial charge in [0.1, 0.15) is 17.2 Å². The van der Waals surface area contributed by atoms with E-state index in [0.717, 1.165) is 11.8 Å². The third kappa shape index (κ3) is 7.49. The van der Waals surface area contributed by atoms with Crippen molar-refractivity contribution in [3.8, 4) is 17.4 Å². The molecule has 2 amide bonds. The van der Waals surface area contributed by atoms with E-state index in [4.69, 9.17) is 10.5 Å². The van der Waals surface area contributed by atoms with Crippen molar-refractivity contribution < 1.29 is 32.2 Å². The van der Waals surface area contributed by atoms with Gasteiger partial charge in [0.05, 0.1) is 5.56 Å². The molecule has 2 aromatic heterocycles. The van der Waals surface area contributed by atoms with Crippen LogP contribution in [-0.2, 0) is 6.42 Å². The number of carbonyl (C=O) groups excluding carboxylic acids is 2. The van der Waals surface area contributed by atoms with Gasteiger partial charge in [0.15, 0.2) is 6.61 Å². The number of aromatic nitrogens is 2. The molecule has 2 heterocycles. The molecule has 172 valence electrons. The van der Waals surface area contributed by atoms with Gasteiger partial charge in [-0.2, -0.15) is 13.2 Å². The van der Waals surface area contributed by atoms with Crippen molar-refractivity contribution in [2.24, 2.45) is 5.73 Å². The minimum Gasteiger partial charge on any atom is -0.468 e. The number of rotatable bonds is 9. The van der Waals surface area contributed by atoms with E-state index in [1.54, 1.807) is 24.3 Å². The molecule has 0 atom stereocenters. The third-order valence-electron chi connectivity index (χ3n) is 4.20. The highest BCUT2D eigenvalue weighted by atomic mass is 19.4. The standard InChI is InChI=1S/C22H19F3N4O4/c23-22(24,25)13-32-19-5-4-15(12-29-19)21(31)28-8-6-14-2-1-3-16(10-14)33-17-7-9-27-18(11-17)20(26)30/h1-5,7,9-12H,6,8,13H2,(H2,26,30)(H,28,31). The first-order valence-electron chi connectivity index (χ1n) is 9.66. The molecule has 0 unspecified atom stereocenters. The molecule has 0 bridgehead atoms. The number of carbonyl (C=O) groups is 2. The van der Waals surface area contributed by atoms with Crippen molar-refractivity contribution in [2.75, 3.05) is 13.2 Å². The number of alkyl halides is 3. The fraction of sp³-hybridized carbons (Fsp3) is 0.182. The highest BCUT2D eigenvalue weighted by Crippen LogP contribution is 2.22. The number of nitrogens with two attached hydrogens (primary N) is 1. The van der Waals surface area contributed by atoms with Crippen LogP contribution in [0, 0.1) is 0 Å². The van der Waals surface area contributed by atoms with Crippen LogP contribution in [-0.4, -0.2) is 41.1 Å². The molecule has 0 saturated carbocycles. The number of halogens is 3. The largest absolute Gasteiger partial charge is 0.468 e. The van der Waals surface area contributed by atoms with Crippen molar-refractivity contribution in [1.29, 1.82) is 0 Å². The second-order valence-electron chi connectivity index (χ2n) is 6.79. The molecule has 3 aromatic rings. The van der Waals surface area contributed by atoms with Crippen LogP contribution in [0.1, 0.15) is 26.4 Å². The Morgan fingerprint density at radius 1 is 1.03 bits per heavy atom. The van der Waals surface area contributed by atoms with E-state index in [1.807, 2.05) is 6.07 Å². The molecule has 3 N–H and O–H groups in total. The number of nitrogens with zero attached hydrogens (tertiary/aromatic N) is 2. The number of benzene rings is 1. The maximum atomic E-state index is 12.2. The van der Waals surface area contributed by atoms with Crippen LogP contribution in [0.4, 0.5) is 13.2 Å². The summed E-state index contributed by atoms with van der Waals surface area (Å²) in [4.78, 5) is 31.0. The Bertz CT molecular complexity index is 1120. The Labute approximate surface area is 186 Å². The van der Waals surface area contributed by atoms with Gasteiger partial charge in [0.2, 0.25) is 5.88 Å². The third-order valence-corrected chi connectivity index (χ3v) is 4.20. The Morgan fingerprint density at radius 2 is 1.82 bits per heavy atom. The predicted octanol–water partition coefficient (Wildman–Crippen LogP) is 3.28. The SMILES string of the molecule is NC(=O)c1cc(Oc2cccc(CCNC(=O)c3ccc(OCC(F)(F)F)nc3)c2)ccn1. The van der Waals surface area contributed by atoms with Gasteiger partial charge in [-0.1, -0.05) is 12.1 Å². The molecule has 0 spiro atoms. The number of hydrogen-bond donors (Lipinski definition) is 2. The van der Waals surface area contributed by atoms with Crippen LogP contribution in [0.5, 0.6) is 17.4 Å². The molecule has 1 aromatic carbocycles. The van der Waals surface area contributed by atoms with Crippen LogP contribution in [0.2, 0.25) is 0 Å². The summed E-state index contributed by atoms with van der Waals surface area (Å²) >= 11 is 0. The van der Waals surface area contributed by atoms with Crippen LogP contribution in [0.3, 0.4) is 0 Å². The summed E-state index contributed by atoms with van der Waals surface area (Å²) < 4.78 is 46.7. The van der Waals surface area contributed by atoms with Crippen molar-refractivity contribution >= 4 is 11.8 Å². The van der Waals surface area contributed by atoms with Crippen LogP contribution < -0.4 is 20.5 Å². The molecule has 8 nitrogen and oxygen atoms in total. The summed E-state index contributed by atoms with van der Waals surface area (Å²) in [6, 6.07) is 12.7. The molecular formula is C22H19F3N4O4. The van der Waals surface area contributed by atoms with Gasteiger partial charge >= 0.3 is 6.18 Å². The maximum Gasteiger partial charge on any atom is 0.422 e. The molecular weight excluding hydrogens is 441 g/mol. The van der Waals surface area contributed by atoms with Gasteiger partial charge in [-0.05, 0) is 36.2 Å². The Morgan fingerprint density at radius 3 is 2.52 bits per heavy atom. The number of nitrogens with one attached hydrogen (secondary N) is 1. The van der Waals surface area contributed by atoms with Crippen molar-refractivity contribution in [2.45, 2.75) is 12.6 Å². The molecule has 0 aliphatic carbocycles. The summed E-state index contributed by atoms with van der Waals surface area (Å²) in [5.41, 5.74) is 6.37. The second-order valence-corrected chi connectivity index (χ2v) is 6.79. The van der Waals surface area contributed by atoms with Crippen LogP contribution >= 0.6 is 0 Å². The molecule has 0 aliphatic rings. The normalized spacial score (nSPS) is 11.0. The van der Waals surface area contributed by atoms with E-state index in [-0.39, 0.29) is 17.1 Å². The summed E-state index contributed by atoms with van der Waals surface area (Å²) in [6.07, 6.45) is -1.42. The maximum absolute atomic E-state index is 12.2. The van der Waals surface area contributed by atoms with Gasteiger partial charge in [-0.15, -0.1) is 0 Å². The lowest BCUT2D eigenvalue weighted by Gasteiger charge is -2.10. The first kappa shape index (κ1) is 23.5. The fourth-order valence-electron chi connectivity index (χ4n) is 2.69. The average Bonchev–Trinajstić information content (AvgIpc) is 2.78. The van der Waals surface area contributed by atoms with Crippen molar-refractivity contribution in [3.05, 3.63) is 77.7 Å². The first-order valence-corrected chi connectivity index (χ1v) is 9.66. The van der Waals surface area contributed by atoms with Crippen molar-refractivity contribution in [1.82, 2.24) is 15.3 Å². The highest BCUT2D eigenvalue weighted by molar-refractivity contribution is 5.93. The fourth-order valence-corrected chi connectivity index (χ4v) is 2.69. The van der Waals surface area contributed by atoms with E-state index in [0.29, 0.717) is 24.5 Å². The van der Waals surface area contributed by atoms with E-state index < -0.39 is 24.6 Å². The minimum atomic E-state index is -4.47. The number of ether oxygens (including phenoxy) is 2. The predicted molar refractivity (Wildman–Crippen MR) is 111 cm³/mol. The summed E-state index contributed by atoms with van der Waals surface area (Å²) in [7, 11) is 0. The number of primary amides is 1. The second kappa shape index (κ2) is 10.4. The molecule has 0 aliphatic heterocycles. The van der Waals surface area contributed by atoms with E-state index in [2.05, 4.69) is 20.0 Å². The van der Waals surface area contributed by atoms with Gasteiger partial charge in [-0.25, -0.2) is 4.98 Å². The van der Waals surface area contributed by atoms with E-state index >= 15 is 0 Å². The van der Waals surface area contributed by atoms with Gasteiger partial charge < -0.3 is 20.5 Å². The average molecular weight is 460 g/mol. The lowest BCUT2D eigenvalue weighted by atomic mass is 10.1. The lowest BCUT2D eigenvalue weighted by Crippen LogP contribution is -2.26. The zero-order valence-corrected chi connectivity index (χ0v) is 17.1. The van der Waals surface area contributed by atoms with Gasteiger partial charge in [-0.3, -0.25) is 14.6 Å². The quantitative estimate of drug-likeness (QED) is 0.506. The lowest BCUT2D eigenvalue weighted by molar-refractivity contribution is -0.154.